The van der Waals surface area contributed by atoms with E-state index in [1.54, 1.807) is 31.0 Å². The molecule has 1 saturated heterocycles. The van der Waals surface area contributed by atoms with Crippen LogP contribution in [0.5, 0.6) is 5.75 Å². The number of amides is 1. The Balaban J connectivity index is 1.49. The van der Waals surface area contributed by atoms with Gasteiger partial charge in [0.05, 0.1) is 31.9 Å². The van der Waals surface area contributed by atoms with E-state index in [2.05, 4.69) is 32.2 Å². The molecular weight excluding hydrogens is 412 g/mol. The van der Waals surface area contributed by atoms with Gasteiger partial charge in [-0.05, 0) is 30.5 Å². The molecule has 1 fully saturated rings. The van der Waals surface area contributed by atoms with Gasteiger partial charge in [0.2, 0.25) is 0 Å². The summed E-state index contributed by atoms with van der Waals surface area (Å²) in [5.74, 6) is 1.89. The average Bonchev–Trinajstić information content (AvgIpc) is 3.47. The van der Waals surface area contributed by atoms with Crippen molar-refractivity contribution in [2.45, 2.75) is 37.2 Å². The molecule has 162 valence electrons. The van der Waals surface area contributed by atoms with Gasteiger partial charge in [0, 0.05) is 12.4 Å². The number of benzene rings is 2. The maximum absolute atomic E-state index is 12.7. The van der Waals surface area contributed by atoms with Crippen molar-refractivity contribution in [1.82, 2.24) is 20.1 Å². The minimum Gasteiger partial charge on any atom is -0.496 e. The Labute approximate surface area is 186 Å². The SMILES string of the molecule is COc1ccccc1C(=O)NCc1nnc(SCC2CCCO2)n1Cc1ccccc1. The maximum atomic E-state index is 12.7. The van der Waals surface area contributed by atoms with Gasteiger partial charge in [0.25, 0.3) is 5.91 Å². The number of nitrogens with one attached hydrogen (secondary N) is 1. The summed E-state index contributed by atoms with van der Waals surface area (Å²) in [4.78, 5) is 12.7. The first-order valence-corrected chi connectivity index (χ1v) is 11.3. The van der Waals surface area contributed by atoms with Crippen molar-refractivity contribution in [2.75, 3.05) is 19.5 Å². The normalized spacial score (nSPS) is 15.7. The quantitative estimate of drug-likeness (QED) is 0.515. The summed E-state index contributed by atoms with van der Waals surface area (Å²) in [7, 11) is 1.56. The lowest BCUT2D eigenvalue weighted by Gasteiger charge is -2.13. The highest BCUT2D eigenvalue weighted by atomic mass is 32.2. The fraction of sp³-hybridized carbons (Fsp3) is 0.348. The van der Waals surface area contributed by atoms with Gasteiger partial charge in [0.15, 0.2) is 11.0 Å². The summed E-state index contributed by atoms with van der Waals surface area (Å²) >= 11 is 1.65. The molecule has 0 aliphatic carbocycles. The van der Waals surface area contributed by atoms with Crippen molar-refractivity contribution in [3.8, 4) is 5.75 Å². The third-order valence-electron chi connectivity index (χ3n) is 5.16. The molecule has 1 atom stereocenters. The van der Waals surface area contributed by atoms with Crippen molar-refractivity contribution >= 4 is 17.7 Å². The minimum atomic E-state index is -0.208. The summed E-state index contributed by atoms with van der Waals surface area (Å²) in [6.07, 6.45) is 2.46. The van der Waals surface area contributed by atoms with Crippen LogP contribution in [0.2, 0.25) is 0 Å². The van der Waals surface area contributed by atoms with E-state index in [4.69, 9.17) is 9.47 Å². The molecule has 0 saturated carbocycles. The average molecular weight is 439 g/mol. The van der Waals surface area contributed by atoms with Crippen molar-refractivity contribution in [2.24, 2.45) is 0 Å². The first-order chi connectivity index (χ1) is 15.2. The molecule has 1 aliphatic rings. The van der Waals surface area contributed by atoms with Crippen LogP contribution in [0.3, 0.4) is 0 Å². The van der Waals surface area contributed by atoms with Crippen LogP contribution < -0.4 is 10.1 Å². The molecule has 1 amide bonds. The molecule has 1 N–H and O–H groups in total. The van der Waals surface area contributed by atoms with Gasteiger partial charge in [-0.1, -0.05) is 54.2 Å². The number of para-hydroxylation sites is 1. The summed E-state index contributed by atoms with van der Waals surface area (Å²) in [5.41, 5.74) is 1.64. The highest BCUT2D eigenvalue weighted by Crippen LogP contribution is 2.24. The number of thioether (sulfide) groups is 1. The van der Waals surface area contributed by atoms with E-state index < -0.39 is 0 Å². The molecule has 0 spiro atoms. The van der Waals surface area contributed by atoms with E-state index in [-0.39, 0.29) is 18.6 Å². The first kappa shape index (κ1) is 21.4. The van der Waals surface area contributed by atoms with E-state index in [9.17, 15) is 4.79 Å². The highest BCUT2D eigenvalue weighted by Gasteiger charge is 2.20. The Morgan fingerprint density at radius 3 is 2.77 bits per heavy atom. The van der Waals surface area contributed by atoms with E-state index in [1.807, 2.05) is 30.3 Å². The van der Waals surface area contributed by atoms with Crippen LogP contribution in [0.4, 0.5) is 0 Å². The molecule has 7 nitrogen and oxygen atoms in total. The number of carbonyl (C=O) groups excluding carboxylic acids is 1. The van der Waals surface area contributed by atoms with Crippen LogP contribution in [0.1, 0.15) is 34.6 Å². The maximum Gasteiger partial charge on any atom is 0.255 e. The number of carbonyl (C=O) groups is 1. The van der Waals surface area contributed by atoms with E-state index in [0.717, 1.165) is 35.9 Å². The molecule has 0 radical (unpaired) electrons. The van der Waals surface area contributed by atoms with Gasteiger partial charge < -0.3 is 19.4 Å². The third kappa shape index (κ3) is 5.45. The second kappa shape index (κ2) is 10.5. The highest BCUT2D eigenvalue weighted by molar-refractivity contribution is 7.99. The van der Waals surface area contributed by atoms with Crippen molar-refractivity contribution < 1.29 is 14.3 Å². The molecule has 4 rings (SSSR count). The molecule has 0 bridgehead atoms. The lowest BCUT2D eigenvalue weighted by molar-refractivity contribution is 0.0946. The molecule has 2 heterocycles. The van der Waals surface area contributed by atoms with Gasteiger partial charge in [-0.15, -0.1) is 10.2 Å². The largest absolute Gasteiger partial charge is 0.496 e. The summed E-state index contributed by atoms with van der Waals surface area (Å²) < 4.78 is 13.1. The molecular formula is C23H26N4O3S. The van der Waals surface area contributed by atoms with Gasteiger partial charge >= 0.3 is 0 Å². The topological polar surface area (TPSA) is 78.3 Å². The molecule has 3 aromatic rings. The van der Waals surface area contributed by atoms with Crippen LogP contribution in [0, 0.1) is 0 Å². The number of nitrogens with zero attached hydrogens (tertiary/aromatic N) is 3. The Morgan fingerprint density at radius 2 is 2.00 bits per heavy atom. The number of rotatable bonds is 9. The smallest absolute Gasteiger partial charge is 0.255 e. The third-order valence-corrected chi connectivity index (χ3v) is 6.26. The van der Waals surface area contributed by atoms with Crippen molar-refractivity contribution in [1.29, 1.82) is 0 Å². The standard InChI is InChI=1S/C23H26N4O3S/c1-29-20-12-6-5-11-19(20)22(28)24-14-21-25-26-23(31-16-18-10-7-13-30-18)27(21)15-17-8-3-2-4-9-17/h2-6,8-9,11-12,18H,7,10,13-16H2,1H3,(H,24,28). The Morgan fingerprint density at radius 1 is 1.19 bits per heavy atom. The zero-order valence-corrected chi connectivity index (χ0v) is 18.3. The molecule has 2 aromatic carbocycles. The number of hydrogen-bond acceptors (Lipinski definition) is 6. The predicted molar refractivity (Wildman–Crippen MR) is 119 cm³/mol. The van der Waals surface area contributed by atoms with E-state index in [1.165, 1.54) is 0 Å². The zero-order valence-electron chi connectivity index (χ0n) is 17.5. The molecule has 1 aliphatic heterocycles. The number of hydrogen-bond donors (Lipinski definition) is 1. The van der Waals surface area contributed by atoms with Gasteiger partial charge in [-0.2, -0.15) is 0 Å². The Hall–Kier alpha value is -2.84. The molecule has 8 heteroatoms. The van der Waals surface area contributed by atoms with Crippen LogP contribution in [-0.2, 0) is 17.8 Å². The van der Waals surface area contributed by atoms with Gasteiger partial charge in [0.1, 0.15) is 5.75 Å². The second-order valence-corrected chi connectivity index (χ2v) is 8.29. The second-order valence-electron chi connectivity index (χ2n) is 7.30. The van der Waals surface area contributed by atoms with Gasteiger partial charge in [-0.3, -0.25) is 4.79 Å². The van der Waals surface area contributed by atoms with Gasteiger partial charge in [-0.25, -0.2) is 0 Å². The molecule has 1 aromatic heterocycles. The van der Waals surface area contributed by atoms with E-state index in [0.29, 0.717) is 23.7 Å². The van der Waals surface area contributed by atoms with Crippen molar-refractivity contribution in [3.63, 3.8) is 0 Å². The Bertz CT molecular complexity index is 1000. The zero-order chi connectivity index (χ0) is 21.5. The molecule has 1 unspecified atom stereocenters. The van der Waals surface area contributed by atoms with Crippen LogP contribution in [0.25, 0.3) is 0 Å². The Kier molecular flexibility index (Phi) is 7.22. The van der Waals surface area contributed by atoms with Crippen LogP contribution >= 0.6 is 11.8 Å². The van der Waals surface area contributed by atoms with Crippen LogP contribution in [-0.4, -0.2) is 46.2 Å². The lowest BCUT2D eigenvalue weighted by atomic mass is 10.2. The minimum absolute atomic E-state index is 0.208. The van der Waals surface area contributed by atoms with E-state index >= 15 is 0 Å². The first-order valence-electron chi connectivity index (χ1n) is 10.4. The number of ether oxygens (including phenoxy) is 2. The summed E-state index contributed by atoms with van der Waals surface area (Å²) in [6, 6.07) is 17.3. The summed E-state index contributed by atoms with van der Waals surface area (Å²) in [5, 5.41) is 12.6. The monoisotopic (exact) mass is 438 g/mol. The number of aromatic nitrogens is 3. The molecule has 31 heavy (non-hydrogen) atoms. The van der Waals surface area contributed by atoms with Crippen molar-refractivity contribution in [3.05, 3.63) is 71.5 Å². The fourth-order valence-electron chi connectivity index (χ4n) is 3.51. The predicted octanol–water partition coefficient (Wildman–Crippen LogP) is 3.54. The fourth-order valence-corrected chi connectivity index (χ4v) is 4.53. The lowest BCUT2D eigenvalue weighted by Crippen LogP contribution is -2.25. The summed E-state index contributed by atoms with van der Waals surface area (Å²) in [6.45, 7) is 1.75. The number of methoxy groups -OCH3 is 1. The van der Waals surface area contributed by atoms with Crippen LogP contribution in [0.15, 0.2) is 59.8 Å².